The molecule has 0 spiro atoms. The highest BCUT2D eigenvalue weighted by Crippen LogP contribution is 2.25. The van der Waals surface area contributed by atoms with Gasteiger partial charge in [-0.25, -0.2) is 4.39 Å². The van der Waals surface area contributed by atoms with Crippen LogP contribution in [0.3, 0.4) is 0 Å². The van der Waals surface area contributed by atoms with E-state index in [-0.39, 0.29) is 5.82 Å². The highest BCUT2D eigenvalue weighted by Gasteiger charge is 2.19. The average Bonchev–Trinajstić information content (AvgIpc) is 2.32. The fourth-order valence-electron chi connectivity index (χ4n) is 2.28. The van der Waals surface area contributed by atoms with Gasteiger partial charge in [-0.1, -0.05) is 12.1 Å². The summed E-state index contributed by atoms with van der Waals surface area (Å²) in [6.07, 6.45) is 0. The monoisotopic (exact) mass is 237 g/mol. The summed E-state index contributed by atoms with van der Waals surface area (Å²) < 4.78 is 14.0. The number of para-hydroxylation sites is 1. The van der Waals surface area contributed by atoms with E-state index < -0.39 is 0 Å². The lowest BCUT2D eigenvalue weighted by molar-refractivity contribution is 0.311. The Morgan fingerprint density at radius 1 is 1.24 bits per heavy atom. The van der Waals surface area contributed by atoms with Gasteiger partial charge in [0, 0.05) is 32.7 Å². The van der Waals surface area contributed by atoms with Crippen molar-refractivity contribution in [3.8, 4) is 0 Å². The third-order valence-corrected chi connectivity index (χ3v) is 3.26. The summed E-state index contributed by atoms with van der Waals surface area (Å²) in [5.74, 6) is -0.109. The molecular weight excluding hydrogens is 217 g/mol. The second-order valence-corrected chi connectivity index (χ2v) is 4.57. The third-order valence-electron chi connectivity index (χ3n) is 3.26. The van der Waals surface area contributed by atoms with Crippen molar-refractivity contribution in [2.75, 3.05) is 45.2 Å². The van der Waals surface area contributed by atoms with Gasteiger partial charge < -0.3 is 15.1 Å². The molecule has 0 unspecified atom stereocenters. The van der Waals surface area contributed by atoms with Crippen LogP contribution in [0.1, 0.15) is 5.56 Å². The standard InChI is InChI=1S/C13H20FN3/c1-15-10-11-4-3-5-12(14)13(11)17-8-6-16(2)7-9-17/h3-5,15H,6-10H2,1-2H3. The second-order valence-electron chi connectivity index (χ2n) is 4.57. The minimum Gasteiger partial charge on any atom is -0.366 e. The Bertz CT molecular complexity index is 373. The Labute approximate surface area is 102 Å². The fourth-order valence-corrected chi connectivity index (χ4v) is 2.28. The topological polar surface area (TPSA) is 18.5 Å². The van der Waals surface area contributed by atoms with Crippen LogP contribution in [0, 0.1) is 5.82 Å². The average molecular weight is 237 g/mol. The molecule has 0 aliphatic carbocycles. The maximum atomic E-state index is 14.0. The predicted octanol–water partition coefficient (Wildman–Crippen LogP) is 1.30. The lowest BCUT2D eigenvalue weighted by atomic mass is 10.1. The van der Waals surface area contributed by atoms with Gasteiger partial charge >= 0.3 is 0 Å². The van der Waals surface area contributed by atoms with Crippen molar-refractivity contribution >= 4 is 5.69 Å². The zero-order valence-corrected chi connectivity index (χ0v) is 10.5. The first-order valence-electron chi connectivity index (χ1n) is 6.08. The van der Waals surface area contributed by atoms with Crippen molar-refractivity contribution in [2.45, 2.75) is 6.54 Å². The molecule has 0 bridgehead atoms. The first-order chi connectivity index (χ1) is 8.22. The number of anilines is 1. The van der Waals surface area contributed by atoms with E-state index in [2.05, 4.69) is 22.2 Å². The van der Waals surface area contributed by atoms with E-state index in [1.165, 1.54) is 0 Å². The lowest BCUT2D eigenvalue weighted by Gasteiger charge is -2.35. The lowest BCUT2D eigenvalue weighted by Crippen LogP contribution is -2.45. The SMILES string of the molecule is CNCc1cccc(F)c1N1CCN(C)CC1. The summed E-state index contributed by atoms with van der Waals surface area (Å²) >= 11 is 0. The molecule has 1 N–H and O–H groups in total. The predicted molar refractivity (Wildman–Crippen MR) is 68.9 cm³/mol. The molecule has 0 aromatic heterocycles. The van der Waals surface area contributed by atoms with Crippen molar-refractivity contribution in [3.05, 3.63) is 29.6 Å². The van der Waals surface area contributed by atoms with Crippen LogP contribution in [0.4, 0.5) is 10.1 Å². The number of benzene rings is 1. The van der Waals surface area contributed by atoms with E-state index in [1.807, 2.05) is 13.1 Å². The smallest absolute Gasteiger partial charge is 0.146 e. The molecule has 1 aromatic carbocycles. The van der Waals surface area contributed by atoms with E-state index in [1.54, 1.807) is 12.1 Å². The summed E-state index contributed by atoms with van der Waals surface area (Å²) in [6, 6.07) is 5.32. The molecule has 0 saturated carbocycles. The second kappa shape index (κ2) is 5.47. The number of nitrogens with zero attached hydrogens (tertiary/aromatic N) is 2. The van der Waals surface area contributed by atoms with Gasteiger partial charge in [0.15, 0.2) is 0 Å². The Morgan fingerprint density at radius 2 is 1.94 bits per heavy atom. The van der Waals surface area contributed by atoms with Crippen LogP contribution in [0.15, 0.2) is 18.2 Å². The number of piperazine rings is 1. The number of halogens is 1. The van der Waals surface area contributed by atoms with Gasteiger partial charge in [-0.3, -0.25) is 0 Å². The first kappa shape index (κ1) is 12.3. The van der Waals surface area contributed by atoms with Crippen LogP contribution >= 0.6 is 0 Å². The summed E-state index contributed by atoms with van der Waals surface area (Å²) in [7, 11) is 3.99. The number of rotatable bonds is 3. The zero-order valence-electron chi connectivity index (χ0n) is 10.5. The molecule has 1 aliphatic heterocycles. The molecule has 94 valence electrons. The molecule has 2 rings (SSSR count). The molecule has 0 atom stereocenters. The molecule has 4 heteroatoms. The van der Waals surface area contributed by atoms with Gasteiger partial charge in [-0.15, -0.1) is 0 Å². The number of hydrogen-bond donors (Lipinski definition) is 1. The van der Waals surface area contributed by atoms with E-state index >= 15 is 0 Å². The van der Waals surface area contributed by atoms with E-state index in [4.69, 9.17) is 0 Å². The van der Waals surface area contributed by atoms with Crippen LogP contribution in [0.5, 0.6) is 0 Å². The minimum absolute atomic E-state index is 0.109. The summed E-state index contributed by atoms with van der Waals surface area (Å²) in [5, 5.41) is 3.10. The maximum absolute atomic E-state index is 14.0. The number of hydrogen-bond acceptors (Lipinski definition) is 3. The van der Waals surface area contributed by atoms with Gasteiger partial charge in [0.1, 0.15) is 5.82 Å². The Hall–Kier alpha value is -1.13. The van der Waals surface area contributed by atoms with Crippen molar-refractivity contribution in [3.63, 3.8) is 0 Å². The van der Waals surface area contributed by atoms with Crippen LogP contribution < -0.4 is 10.2 Å². The summed E-state index contributed by atoms with van der Waals surface area (Å²) in [6.45, 7) is 4.49. The fraction of sp³-hybridized carbons (Fsp3) is 0.538. The Morgan fingerprint density at radius 3 is 2.59 bits per heavy atom. The van der Waals surface area contributed by atoms with Crippen LogP contribution in [0.25, 0.3) is 0 Å². The van der Waals surface area contributed by atoms with Gasteiger partial charge in [0.25, 0.3) is 0 Å². The highest BCUT2D eigenvalue weighted by molar-refractivity contribution is 5.55. The molecule has 1 aliphatic rings. The molecule has 1 fully saturated rings. The molecule has 0 radical (unpaired) electrons. The van der Waals surface area contributed by atoms with Crippen LogP contribution in [-0.2, 0) is 6.54 Å². The number of nitrogens with one attached hydrogen (secondary N) is 1. The molecule has 17 heavy (non-hydrogen) atoms. The van der Waals surface area contributed by atoms with Crippen molar-refractivity contribution in [1.82, 2.24) is 10.2 Å². The minimum atomic E-state index is -0.109. The van der Waals surface area contributed by atoms with Gasteiger partial charge in [0.2, 0.25) is 0 Å². The van der Waals surface area contributed by atoms with E-state index in [0.29, 0.717) is 6.54 Å². The molecule has 1 aromatic rings. The largest absolute Gasteiger partial charge is 0.366 e. The van der Waals surface area contributed by atoms with Crippen molar-refractivity contribution in [2.24, 2.45) is 0 Å². The van der Waals surface area contributed by atoms with Gasteiger partial charge in [-0.2, -0.15) is 0 Å². The third kappa shape index (κ3) is 2.76. The van der Waals surface area contributed by atoms with Crippen molar-refractivity contribution in [1.29, 1.82) is 0 Å². The first-order valence-corrected chi connectivity index (χ1v) is 6.08. The normalized spacial score (nSPS) is 17.5. The molecular formula is C13H20FN3. The molecule has 1 heterocycles. The van der Waals surface area contributed by atoms with Gasteiger partial charge in [-0.05, 0) is 25.7 Å². The van der Waals surface area contributed by atoms with Crippen molar-refractivity contribution < 1.29 is 4.39 Å². The molecule has 1 saturated heterocycles. The number of likely N-dealkylation sites (N-methyl/N-ethyl adjacent to an activating group) is 1. The molecule has 3 nitrogen and oxygen atoms in total. The quantitative estimate of drug-likeness (QED) is 0.855. The van der Waals surface area contributed by atoms with E-state index in [0.717, 1.165) is 37.4 Å². The summed E-state index contributed by atoms with van der Waals surface area (Å²) in [4.78, 5) is 4.43. The Balaban J connectivity index is 2.23. The van der Waals surface area contributed by atoms with Gasteiger partial charge in [0.05, 0.1) is 5.69 Å². The Kier molecular flexibility index (Phi) is 3.97. The highest BCUT2D eigenvalue weighted by atomic mass is 19.1. The van der Waals surface area contributed by atoms with Crippen LogP contribution in [-0.4, -0.2) is 45.2 Å². The van der Waals surface area contributed by atoms with E-state index in [9.17, 15) is 4.39 Å². The molecule has 0 amide bonds. The summed E-state index contributed by atoms with van der Waals surface area (Å²) in [5.41, 5.74) is 1.81. The maximum Gasteiger partial charge on any atom is 0.146 e. The van der Waals surface area contributed by atoms with Crippen LogP contribution in [0.2, 0.25) is 0 Å². The zero-order chi connectivity index (χ0) is 12.3.